The van der Waals surface area contributed by atoms with Crippen LogP contribution in [0, 0.1) is 45.3 Å². The second kappa shape index (κ2) is 3.61. The minimum absolute atomic E-state index is 0.0449. The molecule has 0 saturated heterocycles. The molecule has 6 rings (SSSR count). The van der Waals surface area contributed by atoms with Crippen LogP contribution in [0.5, 0.6) is 0 Å². The minimum Gasteiger partial charge on any atom is -0.392 e. The highest BCUT2D eigenvalue weighted by molar-refractivity contribution is 5.34. The van der Waals surface area contributed by atoms with E-state index in [2.05, 4.69) is 27.7 Å². The largest absolute Gasteiger partial charge is 0.392 e. The molecule has 2 N–H and O–H groups in total. The molecule has 0 aromatic carbocycles. The average molecular weight is 304 g/mol. The molecule has 6 saturated carbocycles. The van der Waals surface area contributed by atoms with Crippen LogP contribution in [0.2, 0.25) is 0 Å². The monoisotopic (exact) mass is 304 g/mol. The normalized spacial score (nSPS) is 67.4. The second-order valence-corrected chi connectivity index (χ2v) is 10.7. The van der Waals surface area contributed by atoms with Crippen LogP contribution in [-0.4, -0.2) is 22.4 Å². The Kier molecular flexibility index (Phi) is 2.35. The van der Waals surface area contributed by atoms with Crippen LogP contribution in [0.4, 0.5) is 0 Å². The van der Waals surface area contributed by atoms with Gasteiger partial charge in [0.1, 0.15) is 0 Å². The van der Waals surface area contributed by atoms with Gasteiger partial charge in [0, 0.05) is 10.8 Å². The Morgan fingerprint density at radius 1 is 0.909 bits per heavy atom. The quantitative estimate of drug-likeness (QED) is 0.718. The summed E-state index contributed by atoms with van der Waals surface area (Å²) >= 11 is 0. The summed E-state index contributed by atoms with van der Waals surface area (Å²) in [6.45, 7) is 9.70. The van der Waals surface area contributed by atoms with Gasteiger partial charge in [-0.25, -0.2) is 0 Å². The second-order valence-electron chi connectivity index (χ2n) is 10.7. The molecule has 22 heavy (non-hydrogen) atoms. The summed E-state index contributed by atoms with van der Waals surface area (Å²) in [4.78, 5) is 0. The van der Waals surface area contributed by atoms with Gasteiger partial charge in [0.25, 0.3) is 0 Å². The van der Waals surface area contributed by atoms with Crippen molar-refractivity contribution in [3.8, 4) is 0 Å². The molecule has 0 amide bonds. The summed E-state index contributed by atoms with van der Waals surface area (Å²) in [6.07, 6.45) is 7.03. The van der Waals surface area contributed by atoms with E-state index in [1.54, 1.807) is 0 Å². The Hall–Kier alpha value is -0.0800. The molecule has 4 bridgehead atoms. The Balaban J connectivity index is 1.62. The Labute approximate surface area is 134 Å². The van der Waals surface area contributed by atoms with Crippen molar-refractivity contribution in [2.24, 2.45) is 45.3 Å². The molecule has 6 aliphatic rings. The van der Waals surface area contributed by atoms with Gasteiger partial charge in [0.05, 0.1) is 12.2 Å². The van der Waals surface area contributed by atoms with E-state index in [0.29, 0.717) is 28.6 Å². The fourth-order valence-electron chi connectivity index (χ4n) is 8.99. The van der Waals surface area contributed by atoms with E-state index in [4.69, 9.17) is 0 Å². The highest BCUT2D eigenvalue weighted by Gasteiger charge is 2.86. The zero-order valence-electron chi connectivity index (χ0n) is 14.6. The zero-order valence-corrected chi connectivity index (χ0v) is 14.6. The molecule has 0 aromatic heterocycles. The van der Waals surface area contributed by atoms with Crippen molar-refractivity contribution in [3.05, 3.63) is 0 Å². The van der Waals surface area contributed by atoms with Crippen LogP contribution in [-0.2, 0) is 0 Å². The van der Waals surface area contributed by atoms with Gasteiger partial charge in [-0.15, -0.1) is 0 Å². The molecule has 2 heteroatoms. The maximum atomic E-state index is 11.2. The molecule has 0 aliphatic heterocycles. The fourth-order valence-corrected chi connectivity index (χ4v) is 8.99. The van der Waals surface area contributed by atoms with Gasteiger partial charge in [0.2, 0.25) is 0 Å². The van der Waals surface area contributed by atoms with Crippen molar-refractivity contribution in [1.82, 2.24) is 0 Å². The third kappa shape index (κ3) is 1.17. The highest BCUT2D eigenvalue weighted by Crippen LogP contribution is 2.85. The molecule has 1 unspecified atom stereocenters. The van der Waals surface area contributed by atoms with Gasteiger partial charge in [-0.05, 0) is 66.6 Å². The van der Waals surface area contributed by atoms with Crippen LogP contribution in [0.1, 0.15) is 66.2 Å². The van der Waals surface area contributed by atoms with E-state index in [0.717, 1.165) is 12.3 Å². The predicted molar refractivity (Wildman–Crippen MR) is 86.1 cm³/mol. The summed E-state index contributed by atoms with van der Waals surface area (Å²) in [5.74, 6) is 2.30. The lowest BCUT2D eigenvalue weighted by Gasteiger charge is -2.67. The van der Waals surface area contributed by atoms with Crippen LogP contribution < -0.4 is 0 Å². The fraction of sp³-hybridized carbons (Fsp3) is 1.00. The number of rotatable bonds is 0. The van der Waals surface area contributed by atoms with Crippen molar-refractivity contribution < 1.29 is 10.2 Å². The molecule has 0 radical (unpaired) electrons. The van der Waals surface area contributed by atoms with Gasteiger partial charge in [0.15, 0.2) is 0 Å². The first kappa shape index (κ1) is 14.3. The predicted octanol–water partition coefficient (Wildman–Crippen LogP) is 3.61. The summed E-state index contributed by atoms with van der Waals surface area (Å²) in [5.41, 5.74) is 0.630. The van der Waals surface area contributed by atoms with Crippen molar-refractivity contribution in [2.45, 2.75) is 78.4 Å². The first-order chi connectivity index (χ1) is 10.2. The molecular weight excluding hydrogens is 272 g/mol. The molecule has 0 aromatic rings. The first-order valence-electron chi connectivity index (χ1n) is 9.57. The molecular formula is C20H32O2. The van der Waals surface area contributed by atoms with Crippen molar-refractivity contribution in [1.29, 1.82) is 0 Å². The standard InChI is InChI=1S/C20H32O2/c1-17(2)7-5-8-18(3)12(17)6-9-20-13(18)10-11-14(15(20)21)19(11,4)16(20)22/h11-16,21-22H,5-10H2,1-4H3/t11-,12+,13-,14?,15+,16+,18+,19-,20-/m0/s1. The minimum atomic E-state index is -0.258. The number of aliphatic hydroxyl groups is 2. The van der Waals surface area contributed by atoms with Crippen LogP contribution in [0.15, 0.2) is 0 Å². The maximum Gasteiger partial charge on any atom is 0.0684 e. The highest BCUT2D eigenvalue weighted by atomic mass is 16.3. The van der Waals surface area contributed by atoms with Crippen molar-refractivity contribution in [2.75, 3.05) is 0 Å². The molecule has 9 atom stereocenters. The SMILES string of the molecule is CC1(C)CCC[C@]2(C)[C@@H]1CC[C@@]13[C@H](O)C4[C@H](C[C@@H]21)[C@]4(C)[C@H]3O. The van der Waals surface area contributed by atoms with Crippen LogP contribution >= 0.6 is 0 Å². The summed E-state index contributed by atoms with van der Waals surface area (Å²) in [5, 5.41) is 22.3. The lowest BCUT2D eigenvalue weighted by Crippen LogP contribution is -2.65. The molecule has 124 valence electrons. The summed E-state index contributed by atoms with van der Waals surface area (Å²) < 4.78 is 0. The molecule has 1 spiro atoms. The third-order valence-corrected chi connectivity index (χ3v) is 9.91. The van der Waals surface area contributed by atoms with E-state index in [-0.39, 0.29) is 23.0 Å². The number of fused-ring (bicyclic) bond motifs is 1. The van der Waals surface area contributed by atoms with Gasteiger partial charge in [-0.1, -0.05) is 34.1 Å². The van der Waals surface area contributed by atoms with E-state index < -0.39 is 0 Å². The van der Waals surface area contributed by atoms with E-state index in [1.165, 1.54) is 32.1 Å². The average Bonchev–Trinajstić information content (AvgIpc) is 3.01. The molecule has 2 nitrogen and oxygen atoms in total. The number of aliphatic hydroxyl groups excluding tert-OH is 2. The third-order valence-electron chi connectivity index (χ3n) is 9.91. The van der Waals surface area contributed by atoms with E-state index >= 15 is 0 Å². The van der Waals surface area contributed by atoms with Gasteiger partial charge in [-0.3, -0.25) is 0 Å². The van der Waals surface area contributed by atoms with Gasteiger partial charge < -0.3 is 10.2 Å². The van der Waals surface area contributed by atoms with E-state index in [9.17, 15) is 10.2 Å². The topological polar surface area (TPSA) is 40.5 Å². The number of hydrogen-bond donors (Lipinski definition) is 2. The Morgan fingerprint density at radius 3 is 2.27 bits per heavy atom. The number of hydrogen-bond acceptors (Lipinski definition) is 2. The zero-order chi connectivity index (χ0) is 15.7. The Morgan fingerprint density at radius 2 is 1.64 bits per heavy atom. The van der Waals surface area contributed by atoms with E-state index in [1.807, 2.05) is 0 Å². The van der Waals surface area contributed by atoms with Crippen LogP contribution in [0.25, 0.3) is 0 Å². The first-order valence-corrected chi connectivity index (χ1v) is 9.57. The van der Waals surface area contributed by atoms with Crippen LogP contribution in [0.3, 0.4) is 0 Å². The lowest BCUT2D eigenvalue weighted by molar-refractivity contribution is -0.231. The Bertz CT molecular complexity index is 542. The summed E-state index contributed by atoms with van der Waals surface area (Å²) in [6, 6.07) is 0. The summed E-state index contributed by atoms with van der Waals surface area (Å²) in [7, 11) is 0. The smallest absolute Gasteiger partial charge is 0.0684 e. The molecule has 0 heterocycles. The maximum absolute atomic E-state index is 11.2. The van der Waals surface area contributed by atoms with Gasteiger partial charge >= 0.3 is 0 Å². The lowest BCUT2D eigenvalue weighted by atomic mass is 9.39. The van der Waals surface area contributed by atoms with Crippen molar-refractivity contribution in [3.63, 3.8) is 0 Å². The van der Waals surface area contributed by atoms with Crippen molar-refractivity contribution >= 4 is 0 Å². The molecule has 6 fully saturated rings. The molecule has 6 aliphatic carbocycles. The van der Waals surface area contributed by atoms with Gasteiger partial charge in [-0.2, -0.15) is 0 Å².